The molecule has 0 bridgehead atoms. The molecule has 0 radical (unpaired) electrons. The Bertz CT molecular complexity index is 469. The number of carboxylic acid groups (broad SMARTS) is 1. The van der Waals surface area contributed by atoms with Crippen LogP contribution in [0, 0.1) is 5.92 Å². The Kier molecular flexibility index (Phi) is 2.95. The standard InChI is InChI=1S/C11H12N2O4/c14-8-4-3-7(13-9(8)11(16)17)10(15)12-5-6-1-2-6/h3-4,6,14H,1-2,5H2,(H,12,15)(H,16,17). The predicted octanol–water partition coefficient (Wildman–Crippen LogP) is 0.625. The predicted molar refractivity (Wildman–Crippen MR) is 57.9 cm³/mol. The van der Waals surface area contributed by atoms with Gasteiger partial charge < -0.3 is 15.5 Å². The van der Waals surface area contributed by atoms with E-state index in [0.717, 1.165) is 18.9 Å². The van der Waals surface area contributed by atoms with Crippen LogP contribution in [0.2, 0.25) is 0 Å². The molecule has 6 heteroatoms. The van der Waals surface area contributed by atoms with Crippen LogP contribution in [-0.2, 0) is 0 Å². The largest absolute Gasteiger partial charge is 0.505 e. The maximum absolute atomic E-state index is 11.6. The van der Waals surface area contributed by atoms with Crippen LogP contribution in [0.4, 0.5) is 0 Å². The number of nitrogens with zero attached hydrogens (tertiary/aromatic N) is 1. The van der Waals surface area contributed by atoms with E-state index in [4.69, 9.17) is 5.11 Å². The summed E-state index contributed by atoms with van der Waals surface area (Å²) in [5.41, 5.74) is -0.509. The maximum atomic E-state index is 11.6. The van der Waals surface area contributed by atoms with Gasteiger partial charge >= 0.3 is 5.97 Å². The molecule has 1 amide bonds. The minimum absolute atomic E-state index is 0.000787. The molecular weight excluding hydrogens is 224 g/mol. The second-order valence-electron chi connectivity index (χ2n) is 4.02. The molecule has 1 aromatic rings. The van der Waals surface area contributed by atoms with Gasteiger partial charge in [0, 0.05) is 6.54 Å². The summed E-state index contributed by atoms with van der Waals surface area (Å²) in [6.07, 6.45) is 2.23. The second-order valence-corrected chi connectivity index (χ2v) is 4.02. The van der Waals surface area contributed by atoms with Gasteiger partial charge in [0.1, 0.15) is 11.4 Å². The van der Waals surface area contributed by atoms with Crippen molar-refractivity contribution in [2.45, 2.75) is 12.8 Å². The molecule has 17 heavy (non-hydrogen) atoms. The Balaban J connectivity index is 2.11. The van der Waals surface area contributed by atoms with Gasteiger partial charge in [-0.2, -0.15) is 0 Å². The maximum Gasteiger partial charge on any atom is 0.358 e. The minimum Gasteiger partial charge on any atom is -0.505 e. The molecule has 6 nitrogen and oxygen atoms in total. The third kappa shape index (κ3) is 2.72. The smallest absolute Gasteiger partial charge is 0.358 e. The van der Waals surface area contributed by atoms with Crippen LogP contribution < -0.4 is 5.32 Å². The average molecular weight is 236 g/mol. The van der Waals surface area contributed by atoms with E-state index in [9.17, 15) is 14.7 Å². The number of hydrogen-bond acceptors (Lipinski definition) is 4. The summed E-state index contributed by atoms with van der Waals surface area (Å²) >= 11 is 0. The molecular formula is C11H12N2O4. The van der Waals surface area contributed by atoms with E-state index in [1.54, 1.807) is 0 Å². The molecule has 90 valence electrons. The molecule has 0 aromatic carbocycles. The molecule has 0 atom stereocenters. The van der Waals surface area contributed by atoms with E-state index in [0.29, 0.717) is 12.5 Å². The highest BCUT2D eigenvalue weighted by molar-refractivity contribution is 5.95. The number of aromatic hydroxyl groups is 1. The fourth-order valence-electron chi connectivity index (χ4n) is 1.39. The van der Waals surface area contributed by atoms with Crippen LogP contribution in [0.1, 0.15) is 33.8 Å². The molecule has 0 saturated heterocycles. The first kappa shape index (κ1) is 11.4. The first-order chi connectivity index (χ1) is 8.08. The Hall–Kier alpha value is -2.11. The van der Waals surface area contributed by atoms with Gasteiger partial charge in [0.15, 0.2) is 5.69 Å². The van der Waals surface area contributed by atoms with Crippen LogP contribution in [-0.4, -0.2) is 33.6 Å². The molecule has 1 aliphatic rings. The number of nitrogens with one attached hydrogen (secondary N) is 1. The van der Waals surface area contributed by atoms with Crippen LogP contribution in [0.25, 0.3) is 0 Å². The summed E-state index contributed by atoms with van der Waals surface area (Å²) in [4.78, 5) is 25.9. The van der Waals surface area contributed by atoms with Crippen molar-refractivity contribution in [3.8, 4) is 5.75 Å². The summed E-state index contributed by atoms with van der Waals surface area (Å²) in [7, 11) is 0. The first-order valence-corrected chi connectivity index (χ1v) is 5.29. The quantitative estimate of drug-likeness (QED) is 0.711. The van der Waals surface area contributed by atoms with Gasteiger partial charge in [0.05, 0.1) is 0 Å². The summed E-state index contributed by atoms with van der Waals surface area (Å²) < 4.78 is 0. The van der Waals surface area contributed by atoms with Gasteiger partial charge in [-0.1, -0.05) is 0 Å². The fraction of sp³-hybridized carbons (Fsp3) is 0.364. The molecule has 1 fully saturated rings. The summed E-state index contributed by atoms with van der Waals surface area (Å²) in [5, 5.41) is 20.7. The Morgan fingerprint density at radius 1 is 1.41 bits per heavy atom. The van der Waals surface area contributed by atoms with Gasteiger partial charge in [0.25, 0.3) is 5.91 Å². The Morgan fingerprint density at radius 2 is 2.12 bits per heavy atom. The van der Waals surface area contributed by atoms with Gasteiger partial charge in [-0.3, -0.25) is 4.79 Å². The third-order valence-corrected chi connectivity index (χ3v) is 2.56. The monoisotopic (exact) mass is 236 g/mol. The van der Waals surface area contributed by atoms with Crippen molar-refractivity contribution in [2.75, 3.05) is 6.54 Å². The lowest BCUT2D eigenvalue weighted by atomic mass is 10.2. The molecule has 0 unspecified atom stereocenters. The van der Waals surface area contributed by atoms with Gasteiger partial charge in [-0.25, -0.2) is 9.78 Å². The zero-order valence-corrected chi connectivity index (χ0v) is 9.01. The van der Waals surface area contributed by atoms with E-state index in [1.807, 2.05) is 0 Å². The molecule has 3 N–H and O–H groups in total. The SMILES string of the molecule is O=C(NCC1CC1)c1ccc(O)c(C(=O)O)n1. The number of amides is 1. The number of carbonyl (C=O) groups is 2. The Labute approximate surface area is 97.3 Å². The number of hydrogen-bond donors (Lipinski definition) is 3. The average Bonchev–Trinajstić information content (AvgIpc) is 3.10. The van der Waals surface area contributed by atoms with Crippen LogP contribution in [0.5, 0.6) is 5.75 Å². The number of pyridine rings is 1. The molecule has 1 aromatic heterocycles. The fourth-order valence-corrected chi connectivity index (χ4v) is 1.39. The molecule has 1 saturated carbocycles. The number of aromatic carboxylic acids is 1. The number of carbonyl (C=O) groups excluding carboxylic acids is 1. The van der Waals surface area contributed by atoms with Crippen LogP contribution in [0.3, 0.4) is 0 Å². The number of aromatic nitrogens is 1. The zero-order valence-electron chi connectivity index (χ0n) is 9.01. The molecule has 1 heterocycles. The zero-order chi connectivity index (χ0) is 12.4. The highest BCUT2D eigenvalue weighted by Crippen LogP contribution is 2.27. The summed E-state index contributed by atoms with van der Waals surface area (Å²) in [5.74, 6) is -1.69. The first-order valence-electron chi connectivity index (χ1n) is 5.29. The molecule has 1 aliphatic carbocycles. The van der Waals surface area contributed by atoms with Crippen molar-refractivity contribution in [3.05, 3.63) is 23.5 Å². The number of carboxylic acids is 1. The Morgan fingerprint density at radius 3 is 2.71 bits per heavy atom. The number of rotatable bonds is 4. The van der Waals surface area contributed by atoms with Crippen molar-refractivity contribution in [1.29, 1.82) is 0 Å². The summed E-state index contributed by atoms with van der Waals surface area (Å²) in [6.45, 7) is 0.587. The minimum atomic E-state index is -1.36. The lowest BCUT2D eigenvalue weighted by Crippen LogP contribution is -2.26. The van der Waals surface area contributed by atoms with Crippen molar-refractivity contribution < 1.29 is 19.8 Å². The lowest BCUT2D eigenvalue weighted by Gasteiger charge is -2.05. The second kappa shape index (κ2) is 4.40. The lowest BCUT2D eigenvalue weighted by molar-refractivity contribution is 0.0687. The molecule has 0 aliphatic heterocycles. The molecule has 0 spiro atoms. The van der Waals surface area contributed by atoms with Crippen molar-refractivity contribution in [1.82, 2.24) is 10.3 Å². The van der Waals surface area contributed by atoms with Crippen molar-refractivity contribution in [2.24, 2.45) is 5.92 Å². The van der Waals surface area contributed by atoms with Gasteiger partial charge in [-0.15, -0.1) is 0 Å². The normalized spacial score (nSPS) is 14.4. The van der Waals surface area contributed by atoms with Gasteiger partial charge in [-0.05, 0) is 30.9 Å². The van der Waals surface area contributed by atoms with Crippen molar-refractivity contribution >= 4 is 11.9 Å². The van der Waals surface area contributed by atoms with E-state index in [2.05, 4.69) is 10.3 Å². The van der Waals surface area contributed by atoms with Crippen LogP contribution >= 0.6 is 0 Å². The highest BCUT2D eigenvalue weighted by atomic mass is 16.4. The van der Waals surface area contributed by atoms with E-state index >= 15 is 0 Å². The topological polar surface area (TPSA) is 99.5 Å². The van der Waals surface area contributed by atoms with E-state index in [-0.39, 0.29) is 5.69 Å². The van der Waals surface area contributed by atoms with Crippen molar-refractivity contribution in [3.63, 3.8) is 0 Å². The van der Waals surface area contributed by atoms with Crippen LogP contribution in [0.15, 0.2) is 12.1 Å². The molecule has 2 rings (SSSR count). The van der Waals surface area contributed by atoms with E-state index < -0.39 is 23.3 Å². The third-order valence-electron chi connectivity index (χ3n) is 2.56. The summed E-state index contributed by atoms with van der Waals surface area (Å²) in [6, 6.07) is 2.45. The van der Waals surface area contributed by atoms with Gasteiger partial charge in [0.2, 0.25) is 0 Å². The highest BCUT2D eigenvalue weighted by Gasteiger charge is 2.22. The van der Waals surface area contributed by atoms with E-state index in [1.165, 1.54) is 6.07 Å².